The Balaban J connectivity index is 1.22. The fourth-order valence-electron chi connectivity index (χ4n) is 6.54. The summed E-state index contributed by atoms with van der Waals surface area (Å²) in [7, 11) is 0. The summed E-state index contributed by atoms with van der Waals surface area (Å²) in [5.74, 6) is 1.80. The number of carboxylic acid groups (broad SMARTS) is 1. The fraction of sp³-hybridized carbons (Fsp3) is 0.469. The molecule has 6 nitrogen and oxygen atoms in total. The zero-order valence-electron chi connectivity index (χ0n) is 23.1. The van der Waals surface area contributed by atoms with E-state index in [1.54, 1.807) is 23.5 Å². The summed E-state index contributed by atoms with van der Waals surface area (Å²) in [5.41, 5.74) is 6.84. The third-order valence-electron chi connectivity index (χ3n) is 8.73. The Morgan fingerprint density at radius 2 is 1.92 bits per heavy atom. The summed E-state index contributed by atoms with van der Waals surface area (Å²) >= 11 is 1.65. The molecule has 2 saturated carbocycles. The van der Waals surface area contributed by atoms with Gasteiger partial charge in [-0.25, -0.2) is 9.78 Å². The van der Waals surface area contributed by atoms with Crippen molar-refractivity contribution in [3.05, 3.63) is 69.4 Å². The van der Waals surface area contributed by atoms with Gasteiger partial charge >= 0.3 is 5.97 Å². The number of benzene rings is 2. The number of ether oxygens (including phenoxy) is 1. The van der Waals surface area contributed by atoms with Crippen molar-refractivity contribution >= 4 is 27.5 Å². The number of hydrogen-bond donors (Lipinski definition) is 1. The van der Waals surface area contributed by atoms with Crippen LogP contribution in [0.4, 0.5) is 0 Å². The lowest BCUT2D eigenvalue weighted by Crippen LogP contribution is -2.33. The normalized spacial score (nSPS) is 23.4. The first kappa shape index (κ1) is 26.2. The first-order valence-corrected chi connectivity index (χ1v) is 15.0. The number of thiazole rings is 1. The van der Waals surface area contributed by atoms with Crippen LogP contribution in [-0.4, -0.2) is 27.3 Å². The van der Waals surface area contributed by atoms with Crippen molar-refractivity contribution in [1.29, 1.82) is 0 Å². The number of rotatable bonds is 8. The van der Waals surface area contributed by atoms with Crippen LogP contribution in [0.25, 0.3) is 21.5 Å². The summed E-state index contributed by atoms with van der Waals surface area (Å²) in [5, 5.41) is 15.1. The molecule has 6 rings (SSSR count). The van der Waals surface area contributed by atoms with Crippen LogP contribution in [-0.2, 0) is 11.3 Å². The second-order valence-corrected chi connectivity index (χ2v) is 12.6. The van der Waals surface area contributed by atoms with Gasteiger partial charge in [-0.2, -0.15) is 0 Å². The highest BCUT2D eigenvalue weighted by Crippen LogP contribution is 2.48. The van der Waals surface area contributed by atoms with Crippen molar-refractivity contribution < 1.29 is 19.2 Å². The second-order valence-electron chi connectivity index (χ2n) is 11.5. The van der Waals surface area contributed by atoms with Crippen LogP contribution in [0.2, 0.25) is 0 Å². The van der Waals surface area contributed by atoms with Crippen molar-refractivity contribution in [3.8, 4) is 11.3 Å². The first-order chi connectivity index (χ1) is 18.8. The number of aromatic carboxylic acids is 1. The second kappa shape index (κ2) is 10.5. The van der Waals surface area contributed by atoms with Crippen molar-refractivity contribution in [2.45, 2.75) is 84.3 Å². The Hall–Kier alpha value is -3.03. The summed E-state index contributed by atoms with van der Waals surface area (Å²) in [6.07, 6.45) is 5.50. The Morgan fingerprint density at radius 3 is 2.62 bits per heavy atom. The van der Waals surface area contributed by atoms with E-state index in [4.69, 9.17) is 14.2 Å². The minimum Gasteiger partial charge on any atom is -0.478 e. The Morgan fingerprint density at radius 1 is 1.15 bits per heavy atom. The highest BCUT2D eigenvalue weighted by atomic mass is 32.1. The molecule has 4 atom stereocenters. The van der Waals surface area contributed by atoms with E-state index in [0.717, 1.165) is 69.9 Å². The van der Waals surface area contributed by atoms with E-state index in [2.05, 4.69) is 51.1 Å². The van der Waals surface area contributed by atoms with Gasteiger partial charge < -0.3 is 14.4 Å². The molecule has 0 amide bonds. The van der Waals surface area contributed by atoms with Crippen molar-refractivity contribution in [2.24, 2.45) is 11.8 Å². The SMILES string of the molecule is CC[C@@H]1C[C@H](OCc2c(-c3c(C)cccc3C)noc2C2CC2)C[C@H](C)[C@@H]1c1nc2ccc(C(=O)O)cc2s1. The van der Waals surface area contributed by atoms with Gasteiger partial charge in [0.05, 0.1) is 33.5 Å². The van der Waals surface area contributed by atoms with Gasteiger partial charge in [-0.15, -0.1) is 11.3 Å². The lowest BCUT2D eigenvalue weighted by Gasteiger charge is -2.39. The molecule has 0 saturated heterocycles. The molecule has 2 aromatic heterocycles. The molecular formula is C32H36N2O4S. The molecule has 2 fully saturated rings. The molecule has 0 aliphatic heterocycles. The van der Waals surface area contributed by atoms with Crippen LogP contribution >= 0.6 is 11.3 Å². The number of aryl methyl sites for hydroxylation is 2. The van der Waals surface area contributed by atoms with Gasteiger partial charge in [0.15, 0.2) is 0 Å². The van der Waals surface area contributed by atoms with Gasteiger partial charge in [-0.05, 0) is 80.7 Å². The van der Waals surface area contributed by atoms with Gasteiger partial charge in [0.2, 0.25) is 0 Å². The van der Waals surface area contributed by atoms with Crippen LogP contribution < -0.4 is 0 Å². The minimum atomic E-state index is -0.900. The average molecular weight is 545 g/mol. The maximum atomic E-state index is 11.4. The third kappa shape index (κ3) is 5.03. The molecule has 2 heterocycles. The first-order valence-electron chi connectivity index (χ1n) is 14.1. The maximum Gasteiger partial charge on any atom is 0.335 e. The molecule has 2 aromatic carbocycles. The van der Waals surface area contributed by atoms with Crippen LogP contribution in [0.1, 0.15) is 95.6 Å². The molecule has 0 bridgehead atoms. The molecule has 7 heteroatoms. The van der Waals surface area contributed by atoms with Gasteiger partial charge in [0.1, 0.15) is 11.5 Å². The third-order valence-corrected chi connectivity index (χ3v) is 9.85. The smallest absolute Gasteiger partial charge is 0.335 e. The van der Waals surface area contributed by atoms with Crippen molar-refractivity contribution in [1.82, 2.24) is 10.1 Å². The van der Waals surface area contributed by atoms with E-state index in [9.17, 15) is 9.90 Å². The Bertz CT molecular complexity index is 1500. The number of fused-ring (bicyclic) bond motifs is 1. The van der Waals surface area contributed by atoms with Crippen molar-refractivity contribution in [2.75, 3.05) is 0 Å². The van der Waals surface area contributed by atoms with Gasteiger partial charge in [0.25, 0.3) is 0 Å². The van der Waals surface area contributed by atoms with Crippen LogP contribution in [0.15, 0.2) is 40.9 Å². The summed E-state index contributed by atoms with van der Waals surface area (Å²) < 4.78 is 13.6. The van der Waals surface area contributed by atoms with Crippen LogP contribution in [0, 0.1) is 25.7 Å². The molecule has 1 N–H and O–H groups in total. The van der Waals surface area contributed by atoms with E-state index >= 15 is 0 Å². The van der Waals surface area contributed by atoms with E-state index in [1.165, 1.54) is 11.1 Å². The van der Waals surface area contributed by atoms with E-state index in [1.807, 2.05) is 6.07 Å². The zero-order chi connectivity index (χ0) is 27.3. The summed E-state index contributed by atoms with van der Waals surface area (Å²) in [4.78, 5) is 16.4. The molecule has 204 valence electrons. The highest BCUT2D eigenvalue weighted by Gasteiger charge is 2.39. The minimum absolute atomic E-state index is 0.168. The van der Waals surface area contributed by atoms with Crippen LogP contribution in [0.5, 0.6) is 0 Å². The molecular weight excluding hydrogens is 508 g/mol. The maximum absolute atomic E-state index is 11.4. The number of nitrogens with zero attached hydrogens (tertiary/aromatic N) is 2. The molecule has 4 aromatic rings. The zero-order valence-corrected chi connectivity index (χ0v) is 23.9. The standard InChI is InChI=1S/C32H36N2O4S/c1-5-20-14-23(13-19(4)28(20)31-33-25-12-11-22(32(35)36)15-26(25)39-31)37-16-24-29(34-38-30(24)21-9-10-21)27-17(2)7-6-8-18(27)3/h6-8,11-12,15,19-21,23,28H,5,9-10,13-14,16H2,1-4H3,(H,35,36)/t19-,20+,23+,28-/m0/s1. The largest absolute Gasteiger partial charge is 0.478 e. The average Bonchev–Trinajstić information content (AvgIpc) is 3.53. The van der Waals surface area contributed by atoms with Crippen LogP contribution in [0.3, 0.4) is 0 Å². The van der Waals surface area contributed by atoms with E-state index in [-0.39, 0.29) is 6.10 Å². The molecule has 2 aliphatic carbocycles. The van der Waals surface area contributed by atoms with Gasteiger partial charge in [0, 0.05) is 23.0 Å². The quantitative estimate of drug-likeness (QED) is 0.240. The molecule has 0 spiro atoms. The molecule has 0 unspecified atom stereocenters. The Kier molecular flexibility index (Phi) is 7.06. The molecule has 39 heavy (non-hydrogen) atoms. The van der Waals surface area contributed by atoms with Gasteiger partial charge in [-0.3, -0.25) is 0 Å². The highest BCUT2D eigenvalue weighted by molar-refractivity contribution is 7.18. The number of hydrogen-bond acceptors (Lipinski definition) is 6. The molecule has 0 radical (unpaired) electrons. The summed E-state index contributed by atoms with van der Waals surface area (Å²) in [6.45, 7) is 9.37. The number of carbonyl (C=O) groups is 1. The van der Waals surface area contributed by atoms with E-state index < -0.39 is 5.97 Å². The number of aromatic nitrogens is 2. The predicted molar refractivity (Wildman–Crippen MR) is 153 cm³/mol. The Labute approximate surface area is 233 Å². The topological polar surface area (TPSA) is 85.5 Å². The van der Waals surface area contributed by atoms with Gasteiger partial charge in [-0.1, -0.05) is 43.6 Å². The lowest BCUT2D eigenvalue weighted by molar-refractivity contribution is -0.0205. The lowest BCUT2D eigenvalue weighted by atomic mass is 9.71. The molecule has 2 aliphatic rings. The summed E-state index contributed by atoms with van der Waals surface area (Å²) in [6, 6.07) is 11.6. The van der Waals surface area contributed by atoms with Crippen molar-refractivity contribution in [3.63, 3.8) is 0 Å². The van der Waals surface area contributed by atoms with E-state index in [0.29, 0.717) is 35.8 Å². The predicted octanol–water partition coefficient (Wildman–Crippen LogP) is 8.27. The monoisotopic (exact) mass is 544 g/mol. The fourth-order valence-corrected chi connectivity index (χ4v) is 7.87. The number of carboxylic acids is 1.